The molecule has 0 spiro atoms. The van der Waals surface area contributed by atoms with E-state index in [4.69, 9.17) is 5.73 Å². The highest BCUT2D eigenvalue weighted by atomic mass is 35.5. The highest BCUT2D eigenvalue weighted by Crippen LogP contribution is 2.15. The van der Waals surface area contributed by atoms with Crippen LogP contribution in [0.1, 0.15) is 11.3 Å². The molecular weight excluding hydrogens is 440 g/mol. The number of hydrogen-bond acceptors (Lipinski definition) is 5. The number of anilines is 1. The topological polar surface area (TPSA) is 75.0 Å². The van der Waals surface area contributed by atoms with Crippen LogP contribution in [0, 0.1) is 5.92 Å². The van der Waals surface area contributed by atoms with Gasteiger partial charge in [-0.15, -0.1) is 49.6 Å². The number of nitrogens with two attached hydrogens (primary N) is 1. The van der Waals surface area contributed by atoms with Crippen molar-refractivity contribution in [2.24, 2.45) is 5.92 Å². The molecule has 1 aliphatic rings. The predicted octanol–water partition coefficient (Wildman–Crippen LogP) is 2.86. The van der Waals surface area contributed by atoms with Gasteiger partial charge in [0.1, 0.15) is 5.82 Å². The summed E-state index contributed by atoms with van der Waals surface area (Å²) in [6.45, 7) is 4.91. The highest BCUT2D eigenvalue weighted by Gasteiger charge is 2.26. The maximum atomic E-state index is 5.78. The van der Waals surface area contributed by atoms with Gasteiger partial charge < -0.3 is 21.7 Å². The molecule has 160 valence electrons. The zero-order chi connectivity index (χ0) is 16.6. The third-order valence-electron chi connectivity index (χ3n) is 4.52. The second kappa shape index (κ2) is 16.1. The molecule has 0 unspecified atom stereocenters. The minimum absolute atomic E-state index is 0. The summed E-state index contributed by atoms with van der Waals surface area (Å²) < 4.78 is 0. The van der Waals surface area contributed by atoms with E-state index in [0.717, 1.165) is 44.8 Å². The summed E-state index contributed by atoms with van der Waals surface area (Å²) in [4.78, 5) is 4.42. The average molecular weight is 471 g/mol. The molecule has 0 saturated carbocycles. The summed E-state index contributed by atoms with van der Waals surface area (Å²) in [6.07, 6.45) is 0.965. The minimum atomic E-state index is 0. The summed E-state index contributed by atoms with van der Waals surface area (Å²) in [5.74, 6) is 1.17. The van der Waals surface area contributed by atoms with Crippen molar-refractivity contribution in [1.29, 1.82) is 0 Å². The fourth-order valence-electron chi connectivity index (χ4n) is 3.24. The molecule has 1 aliphatic heterocycles. The lowest BCUT2D eigenvalue weighted by atomic mass is 9.97. The number of nitrogen functional groups attached to an aromatic ring is 1. The number of hydrogen-bond donors (Lipinski definition) is 4. The monoisotopic (exact) mass is 469 g/mol. The van der Waals surface area contributed by atoms with Crippen LogP contribution in [0.3, 0.4) is 0 Å². The largest absolute Gasteiger partial charge is 0.384 e. The van der Waals surface area contributed by atoms with Crippen LogP contribution in [-0.4, -0.2) is 37.2 Å². The first-order valence-corrected chi connectivity index (χ1v) is 8.71. The number of nitrogens with one attached hydrogen (secondary N) is 3. The quantitative estimate of drug-likeness (QED) is 0.446. The lowest BCUT2D eigenvalue weighted by Gasteiger charge is -2.20. The van der Waals surface area contributed by atoms with Gasteiger partial charge in [0.2, 0.25) is 0 Å². The number of rotatable bonds is 8. The standard InChI is InChI=1S/C19H27N5.4ClH/c20-19-8-4-7-17(24-19)11-16-13-22-14-18(16)23-10-9-21-12-15-5-2-1-3-6-15;;;;/h1-8,16,18,21-23H,9-14H2,(H2,20,24);4*1H/t16-,18-;;;;/m0..../s1. The van der Waals surface area contributed by atoms with Gasteiger partial charge in [0.25, 0.3) is 0 Å². The van der Waals surface area contributed by atoms with Gasteiger partial charge in [0, 0.05) is 37.9 Å². The number of benzene rings is 1. The van der Waals surface area contributed by atoms with Crippen molar-refractivity contribution in [2.75, 3.05) is 31.9 Å². The zero-order valence-corrected chi connectivity index (χ0v) is 18.9. The van der Waals surface area contributed by atoms with Crippen LogP contribution in [0.25, 0.3) is 0 Å². The first-order valence-electron chi connectivity index (χ1n) is 8.71. The Hall–Kier alpha value is -0.790. The molecule has 9 heteroatoms. The van der Waals surface area contributed by atoms with Gasteiger partial charge in [0.05, 0.1) is 0 Å². The van der Waals surface area contributed by atoms with Crippen LogP contribution in [0.4, 0.5) is 5.82 Å². The minimum Gasteiger partial charge on any atom is -0.384 e. The van der Waals surface area contributed by atoms with Crippen molar-refractivity contribution in [3.63, 3.8) is 0 Å². The van der Waals surface area contributed by atoms with Crippen molar-refractivity contribution in [3.8, 4) is 0 Å². The Morgan fingerprint density at radius 3 is 2.39 bits per heavy atom. The van der Waals surface area contributed by atoms with Crippen molar-refractivity contribution < 1.29 is 0 Å². The van der Waals surface area contributed by atoms with Crippen molar-refractivity contribution >= 4 is 55.4 Å². The summed E-state index contributed by atoms with van der Waals surface area (Å²) in [5, 5.41) is 10.6. The number of nitrogens with zero attached hydrogens (tertiary/aromatic N) is 1. The number of pyridine rings is 1. The summed E-state index contributed by atoms with van der Waals surface area (Å²) >= 11 is 0. The van der Waals surface area contributed by atoms with Gasteiger partial charge in [-0.1, -0.05) is 36.4 Å². The Morgan fingerprint density at radius 2 is 1.68 bits per heavy atom. The van der Waals surface area contributed by atoms with E-state index in [1.165, 1.54) is 5.56 Å². The van der Waals surface area contributed by atoms with Crippen LogP contribution >= 0.6 is 49.6 Å². The van der Waals surface area contributed by atoms with Crippen LogP contribution in [-0.2, 0) is 13.0 Å². The first-order chi connectivity index (χ1) is 11.8. The molecule has 5 N–H and O–H groups in total. The maximum absolute atomic E-state index is 5.78. The van der Waals surface area contributed by atoms with E-state index in [1.54, 1.807) is 0 Å². The summed E-state index contributed by atoms with van der Waals surface area (Å²) in [6, 6.07) is 16.9. The first kappa shape index (κ1) is 29.4. The number of halogens is 4. The molecule has 0 amide bonds. The van der Waals surface area contributed by atoms with E-state index >= 15 is 0 Å². The smallest absolute Gasteiger partial charge is 0.123 e. The van der Waals surface area contributed by atoms with Crippen molar-refractivity contribution in [3.05, 3.63) is 59.8 Å². The van der Waals surface area contributed by atoms with Crippen LogP contribution < -0.4 is 21.7 Å². The molecule has 3 rings (SSSR count). The Morgan fingerprint density at radius 1 is 0.929 bits per heavy atom. The second-order valence-electron chi connectivity index (χ2n) is 6.40. The van der Waals surface area contributed by atoms with Crippen LogP contribution in [0.5, 0.6) is 0 Å². The van der Waals surface area contributed by atoms with E-state index < -0.39 is 0 Å². The van der Waals surface area contributed by atoms with E-state index in [0.29, 0.717) is 17.8 Å². The van der Waals surface area contributed by atoms with Crippen molar-refractivity contribution in [2.45, 2.75) is 19.0 Å². The molecule has 0 aliphatic carbocycles. The van der Waals surface area contributed by atoms with Crippen LogP contribution in [0.2, 0.25) is 0 Å². The molecule has 0 bridgehead atoms. The Kier molecular flexibility index (Phi) is 16.9. The zero-order valence-electron chi connectivity index (χ0n) is 15.7. The molecule has 5 nitrogen and oxygen atoms in total. The molecule has 28 heavy (non-hydrogen) atoms. The van der Waals surface area contributed by atoms with Gasteiger partial charge in [0.15, 0.2) is 0 Å². The van der Waals surface area contributed by atoms with E-state index in [1.807, 2.05) is 18.2 Å². The van der Waals surface area contributed by atoms with Crippen LogP contribution in [0.15, 0.2) is 48.5 Å². The van der Waals surface area contributed by atoms with Gasteiger partial charge in [-0.25, -0.2) is 4.98 Å². The van der Waals surface area contributed by atoms with Gasteiger partial charge in [-0.2, -0.15) is 0 Å². The second-order valence-corrected chi connectivity index (χ2v) is 6.40. The highest BCUT2D eigenvalue weighted by molar-refractivity contribution is 5.86. The summed E-state index contributed by atoms with van der Waals surface area (Å²) in [5.41, 5.74) is 8.18. The fraction of sp³-hybridized carbons (Fsp3) is 0.421. The lowest BCUT2D eigenvalue weighted by molar-refractivity contribution is 0.419. The molecule has 0 radical (unpaired) electrons. The third kappa shape index (κ3) is 9.61. The molecule has 2 heterocycles. The average Bonchev–Trinajstić information content (AvgIpc) is 3.03. The Bertz CT molecular complexity index is 633. The SMILES string of the molecule is Cl.Cl.Cl.Cl.Nc1cccc(C[C@H]2CNC[C@@H]2NCCNCc2ccccc2)n1. The van der Waals surface area contributed by atoms with Gasteiger partial charge >= 0.3 is 0 Å². The third-order valence-corrected chi connectivity index (χ3v) is 4.52. The molecule has 1 aromatic heterocycles. The molecule has 1 saturated heterocycles. The van der Waals surface area contributed by atoms with E-state index in [9.17, 15) is 0 Å². The molecule has 2 aromatic rings. The van der Waals surface area contributed by atoms with Gasteiger partial charge in [-0.3, -0.25) is 0 Å². The Balaban J connectivity index is 0. The maximum Gasteiger partial charge on any atom is 0.123 e. The van der Waals surface area contributed by atoms with E-state index in [2.05, 4.69) is 51.3 Å². The summed E-state index contributed by atoms with van der Waals surface area (Å²) in [7, 11) is 0. The molecule has 1 fully saturated rings. The van der Waals surface area contributed by atoms with Crippen molar-refractivity contribution in [1.82, 2.24) is 20.9 Å². The fourth-order valence-corrected chi connectivity index (χ4v) is 3.24. The molecular formula is C19H31Cl4N5. The molecule has 2 atom stereocenters. The normalized spacial score (nSPS) is 17.4. The molecule has 1 aromatic carbocycles. The van der Waals surface area contributed by atoms with E-state index in [-0.39, 0.29) is 49.6 Å². The van der Waals surface area contributed by atoms with Gasteiger partial charge in [-0.05, 0) is 36.6 Å². The number of aromatic nitrogens is 1. The lowest BCUT2D eigenvalue weighted by Crippen LogP contribution is -2.40. The predicted molar refractivity (Wildman–Crippen MR) is 128 cm³/mol. The Labute approximate surface area is 192 Å².